The first kappa shape index (κ1) is 12.4. The first-order valence-corrected chi connectivity index (χ1v) is 5.94. The number of nitrogens with zero attached hydrogens (tertiary/aromatic N) is 1. The Morgan fingerprint density at radius 1 is 1.39 bits per heavy atom. The van der Waals surface area contributed by atoms with E-state index < -0.39 is 0 Å². The van der Waals surface area contributed by atoms with Crippen molar-refractivity contribution in [2.45, 2.75) is 26.8 Å². The quantitative estimate of drug-likeness (QED) is 0.870. The van der Waals surface area contributed by atoms with Gasteiger partial charge in [0.05, 0.1) is 17.8 Å². The van der Waals surface area contributed by atoms with Crippen molar-refractivity contribution in [2.75, 3.05) is 0 Å². The summed E-state index contributed by atoms with van der Waals surface area (Å²) in [6.07, 6.45) is 3.11. The van der Waals surface area contributed by atoms with Crippen LogP contribution in [0, 0.1) is 13.8 Å². The van der Waals surface area contributed by atoms with Crippen LogP contribution in [0.4, 0.5) is 0 Å². The lowest BCUT2D eigenvalue weighted by Gasteiger charge is -2.16. The summed E-state index contributed by atoms with van der Waals surface area (Å²) < 4.78 is 0. The van der Waals surface area contributed by atoms with E-state index in [4.69, 9.17) is 0 Å². The molecule has 1 heterocycles. The monoisotopic (exact) mass is 243 g/mol. The molecule has 0 aliphatic carbocycles. The van der Waals surface area contributed by atoms with E-state index in [9.17, 15) is 4.79 Å². The van der Waals surface area contributed by atoms with Gasteiger partial charge in [0.1, 0.15) is 0 Å². The second-order valence-electron chi connectivity index (χ2n) is 4.54. The van der Waals surface area contributed by atoms with E-state index >= 15 is 0 Å². The summed E-state index contributed by atoms with van der Waals surface area (Å²) in [7, 11) is 0. The molecule has 0 saturated heterocycles. The molecular weight excluding hydrogens is 226 g/mol. The zero-order valence-electron chi connectivity index (χ0n) is 10.8. The number of nitrogens with one attached hydrogen (secondary N) is 2. The predicted molar refractivity (Wildman–Crippen MR) is 70.4 cm³/mol. The number of benzene rings is 1. The van der Waals surface area contributed by atoms with Gasteiger partial charge in [-0.3, -0.25) is 9.89 Å². The van der Waals surface area contributed by atoms with Crippen LogP contribution in [0.3, 0.4) is 0 Å². The van der Waals surface area contributed by atoms with Crippen LogP contribution in [0.15, 0.2) is 30.6 Å². The Morgan fingerprint density at radius 3 is 2.83 bits per heavy atom. The maximum atomic E-state index is 11.9. The molecule has 0 aliphatic rings. The minimum Gasteiger partial charge on any atom is -0.345 e. The predicted octanol–water partition coefficient (Wildman–Crippen LogP) is 2.52. The fourth-order valence-corrected chi connectivity index (χ4v) is 1.96. The molecule has 18 heavy (non-hydrogen) atoms. The molecule has 0 aliphatic heterocycles. The molecule has 2 aromatic rings. The van der Waals surface area contributed by atoms with Gasteiger partial charge in [0, 0.05) is 6.20 Å². The topological polar surface area (TPSA) is 57.8 Å². The molecule has 0 fully saturated rings. The van der Waals surface area contributed by atoms with Crippen molar-refractivity contribution < 1.29 is 4.79 Å². The normalized spacial score (nSPS) is 12.2. The molecule has 0 bridgehead atoms. The third-order valence-corrected chi connectivity index (χ3v) is 3.01. The third-order valence-electron chi connectivity index (χ3n) is 3.01. The smallest absolute Gasteiger partial charge is 0.254 e. The number of rotatable bonds is 3. The number of hydrogen-bond acceptors (Lipinski definition) is 2. The van der Waals surface area contributed by atoms with Crippen LogP contribution in [-0.2, 0) is 0 Å². The Kier molecular flexibility index (Phi) is 3.46. The molecule has 0 radical (unpaired) electrons. The summed E-state index contributed by atoms with van der Waals surface area (Å²) in [5, 5.41) is 9.37. The standard InChI is InChI=1S/C14H17N3O/c1-9-4-5-10(2)13(6-9)11(3)17-14(18)12-7-15-16-8-12/h4-8,11H,1-3H3,(H,15,16)(H,17,18). The van der Waals surface area contributed by atoms with Crippen LogP contribution in [0.2, 0.25) is 0 Å². The van der Waals surface area contributed by atoms with E-state index in [-0.39, 0.29) is 11.9 Å². The molecule has 1 aromatic heterocycles. The molecule has 94 valence electrons. The van der Waals surface area contributed by atoms with Gasteiger partial charge < -0.3 is 5.32 Å². The van der Waals surface area contributed by atoms with Gasteiger partial charge in [-0.25, -0.2) is 0 Å². The van der Waals surface area contributed by atoms with Crippen molar-refractivity contribution in [2.24, 2.45) is 0 Å². The van der Waals surface area contributed by atoms with Crippen LogP contribution < -0.4 is 5.32 Å². The molecule has 1 atom stereocenters. The molecule has 4 heteroatoms. The molecule has 0 spiro atoms. The number of hydrogen-bond donors (Lipinski definition) is 2. The van der Waals surface area contributed by atoms with Crippen LogP contribution in [0.5, 0.6) is 0 Å². The molecule has 0 saturated carbocycles. The highest BCUT2D eigenvalue weighted by Gasteiger charge is 2.13. The van der Waals surface area contributed by atoms with E-state index in [0.29, 0.717) is 5.56 Å². The van der Waals surface area contributed by atoms with E-state index in [1.54, 1.807) is 6.20 Å². The van der Waals surface area contributed by atoms with Crippen LogP contribution in [-0.4, -0.2) is 16.1 Å². The number of H-pyrrole nitrogens is 1. The number of aromatic amines is 1. The second-order valence-corrected chi connectivity index (χ2v) is 4.54. The van der Waals surface area contributed by atoms with Gasteiger partial charge in [-0.1, -0.05) is 23.8 Å². The van der Waals surface area contributed by atoms with Crippen LogP contribution in [0.1, 0.15) is 40.0 Å². The Labute approximate surface area is 106 Å². The summed E-state index contributed by atoms with van der Waals surface area (Å²) in [6.45, 7) is 6.09. The third kappa shape index (κ3) is 2.59. The average molecular weight is 243 g/mol. The Balaban J connectivity index is 2.14. The number of carbonyl (C=O) groups excluding carboxylic acids is 1. The Morgan fingerprint density at radius 2 is 2.17 bits per heavy atom. The van der Waals surface area contributed by atoms with Gasteiger partial charge in [-0.05, 0) is 31.9 Å². The summed E-state index contributed by atoms with van der Waals surface area (Å²) in [5.41, 5.74) is 4.07. The number of aromatic nitrogens is 2. The molecule has 1 aromatic carbocycles. The summed E-state index contributed by atoms with van der Waals surface area (Å²) in [5.74, 6) is -0.114. The fourth-order valence-electron chi connectivity index (χ4n) is 1.96. The van der Waals surface area contributed by atoms with Crippen molar-refractivity contribution >= 4 is 5.91 Å². The van der Waals surface area contributed by atoms with E-state index in [1.165, 1.54) is 17.3 Å². The lowest BCUT2D eigenvalue weighted by atomic mass is 10.00. The highest BCUT2D eigenvalue weighted by Crippen LogP contribution is 2.19. The molecule has 1 unspecified atom stereocenters. The van der Waals surface area contributed by atoms with E-state index in [1.807, 2.05) is 13.8 Å². The summed E-state index contributed by atoms with van der Waals surface area (Å²) in [4.78, 5) is 11.9. The second kappa shape index (κ2) is 5.04. The van der Waals surface area contributed by atoms with Crippen molar-refractivity contribution in [3.63, 3.8) is 0 Å². The molecule has 1 amide bonds. The molecular formula is C14H17N3O. The zero-order valence-corrected chi connectivity index (χ0v) is 10.8. The van der Waals surface area contributed by atoms with Gasteiger partial charge in [-0.2, -0.15) is 5.10 Å². The van der Waals surface area contributed by atoms with Gasteiger partial charge in [0.15, 0.2) is 0 Å². The van der Waals surface area contributed by atoms with Gasteiger partial charge in [0.2, 0.25) is 0 Å². The minimum atomic E-state index is -0.114. The highest BCUT2D eigenvalue weighted by atomic mass is 16.1. The van der Waals surface area contributed by atoms with Crippen molar-refractivity contribution in [1.29, 1.82) is 0 Å². The van der Waals surface area contributed by atoms with E-state index in [0.717, 1.165) is 5.56 Å². The lowest BCUT2D eigenvalue weighted by Crippen LogP contribution is -2.26. The van der Waals surface area contributed by atoms with Gasteiger partial charge in [0.25, 0.3) is 5.91 Å². The zero-order chi connectivity index (χ0) is 13.1. The summed E-state index contributed by atoms with van der Waals surface area (Å²) in [6, 6.07) is 6.23. The largest absolute Gasteiger partial charge is 0.345 e. The Hall–Kier alpha value is -2.10. The number of aryl methyl sites for hydroxylation is 2. The molecule has 2 rings (SSSR count). The van der Waals surface area contributed by atoms with E-state index in [2.05, 4.69) is 40.6 Å². The van der Waals surface area contributed by atoms with Crippen molar-refractivity contribution in [3.8, 4) is 0 Å². The highest BCUT2D eigenvalue weighted by molar-refractivity contribution is 5.93. The average Bonchev–Trinajstić information content (AvgIpc) is 2.85. The maximum absolute atomic E-state index is 11.9. The maximum Gasteiger partial charge on any atom is 0.254 e. The lowest BCUT2D eigenvalue weighted by molar-refractivity contribution is 0.0940. The minimum absolute atomic E-state index is 0.0210. The van der Waals surface area contributed by atoms with Crippen LogP contribution in [0.25, 0.3) is 0 Å². The number of carbonyl (C=O) groups is 1. The Bertz CT molecular complexity index is 546. The van der Waals surface area contributed by atoms with Crippen molar-refractivity contribution in [1.82, 2.24) is 15.5 Å². The van der Waals surface area contributed by atoms with Crippen molar-refractivity contribution in [3.05, 3.63) is 52.8 Å². The summed E-state index contributed by atoms with van der Waals surface area (Å²) >= 11 is 0. The first-order chi connectivity index (χ1) is 8.58. The van der Waals surface area contributed by atoms with Crippen LogP contribution >= 0.6 is 0 Å². The molecule has 4 nitrogen and oxygen atoms in total. The van der Waals surface area contributed by atoms with Gasteiger partial charge >= 0.3 is 0 Å². The fraction of sp³-hybridized carbons (Fsp3) is 0.286. The molecule has 2 N–H and O–H groups in total. The SMILES string of the molecule is Cc1ccc(C)c(C(C)NC(=O)c2cn[nH]c2)c1. The first-order valence-electron chi connectivity index (χ1n) is 5.94. The number of amides is 1. The van der Waals surface area contributed by atoms with Gasteiger partial charge in [-0.15, -0.1) is 0 Å².